The van der Waals surface area contributed by atoms with E-state index >= 15 is 0 Å². The molecule has 2 atom stereocenters. The van der Waals surface area contributed by atoms with Crippen LogP contribution in [0.1, 0.15) is 44.2 Å². The molecule has 0 bridgehead atoms. The highest BCUT2D eigenvalue weighted by Crippen LogP contribution is 2.36. The second-order valence-corrected chi connectivity index (χ2v) is 9.62. The van der Waals surface area contributed by atoms with E-state index in [1.807, 2.05) is 38.1 Å². The number of benzene rings is 1. The summed E-state index contributed by atoms with van der Waals surface area (Å²) in [7, 11) is 0. The van der Waals surface area contributed by atoms with Crippen molar-refractivity contribution in [2.45, 2.75) is 57.9 Å². The van der Waals surface area contributed by atoms with Gasteiger partial charge < -0.3 is 20.7 Å². The Hall–Kier alpha value is -2.92. The molecular weight excluding hydrogens is 473 g/mol. The number of carbonyl (C=O) groups excluding carboxylic acids is 1. The summed E-state index contributed by atoms with van der Waals surface area (Å²) < 4.78 is 46.5. The van der Waals surface area contributed by atoms with Gasteiger partial charge in [-0.2, -0.15) is 18.2 Å². The van der Waals surface area contributed by atoms with Crippen LogP contribution in [-0.2, 0) is 22.3 Å². The third kappa shape index (κ3) is 6.85. The van der Waals surface area contributed by atoms with Crippen LogP contribution >= 0.6 is 0 Å². The first-order valence-electron chi connectivity index (χ1n) is 12.4. The number of ether oxygens (including phenoxy) is 1. The number of rotatable bonds is 8. The Bertz CT molecular complexity index is 1030. The van der Waals surface area contributed by atoms with E-state index in [4.69, 9.17) is 4.74 Å². The van der Waals surface area contributed by atoms with Crippen LogP contribution in [-0.4, -0.2) is 59.2 Å². The fraction of sp³-hybridized carbons (Fsp3) is 0.560. The zero-order chi connectivity index (χ0) is 25.7. The fourth-order valence-electron chi connectivity index (χ4n) is 4.61. The maximum absolute atomic E-state index is 13.7. The Labute approximate surface area is 209 Å². The molecule has 36 heavy (non-hydrogen) atoms. The summed E-state index contributed by atoms with van der Waals surface area (Å²) in [4.78, 5) is 22.9. The van der Waals surface area contributed by atoms with Crippen LogP contribution in [0.5, 0.6) is 0 Å². The summed E-state index contributed by atoms with van der Waals surface area (Å²) in [5.41, 5.74) is 0.843. The number of hydrogen-bond donors (Lipinski definition) is 3. The predicted octanol–water partition coefficient (Wildman–Crippen LogP) is 4.18. The van der Waals surface area contributed by atoms with Crippen molar-refractivity contribution in [3.05, 3.63) is 41.6 Å². The summed E-state index contributed by atoms with van der Waals surface area (Å²) in [5, 5.41) is 8.77. The van der Waals surface area contributed by atoms with E-state index in [2.05, 4.69) is 30.8 Å². The molecule has 2 aromatic rings. The standard InChI is InChI=1S/C25H33F3N6O2/c1-16(2)30-23(35)19-4-3-5-21(19)32-22-20(25(26,27)28)14-29-24(33-22)31-18-8-6-17(7-9-18)15-34-10-12-36-13-11-34/h6-9,14,16,19,21H,3-5,10-13,15H2,1-2H3,(H,30,35)(H2,29,31,32,33)/t19-,21+/m0/s1. The molecule has 0 unspecified atom stereocenters. The number of halogens is 3. The average molecular weight is 507 g/mol. The zero-order valence-electron chi connectivity index (χ0n) is 20.6. The van der Waals surface area contributed by atoms with Gasteiger partial charge in [-0.25, -0.2) is 4.98 Å². The third-order valence-corrected chi connectivity index (χ3v) is 6.42. The maximum atomic E-state index is 13.7. The van der Waals surface area contributed by atoms with Crippen molar-refractivity contribution in [1.29, 1.82) is 0 Å². The van der Waals surface area contributed by atoms with Crippen molar-refractivity contribution >= 4 is 23.4 Å². The Morgan fingerprint density at radius 3 is 2.56 bits per heavy atom. The van der Waals surface area contributed by atoms with Gasteiger partial charge in [-0.15, -0.1) is 0 Å². The number of morpholine rings is 1. The average Bonchev–Trinajstić information content (AvgIpc) is 3.28. The van der Waals surface area contributed by atoms with Gasteiger partial charge in [0.15, 0.2) is 0 Å². The molecule has 0 spiro atoms. The molecule has 1 saturated heterocycles. The summed E-state index contributed by atoms with van der Waals surface area (Å²) in [6.07, 6.45) is -1.89. The van der Waals surface area contributed by atoms with E-state index in [0.717, 1.165) is 51.0 Å². The summed E-state index contributed by atoms with van der Waals surface area (Å²) in [6.45, 7) is 7.74. The van der Waals surface area contributed by atoms with Gasteiger partial charge in [-0.1, -0.05) is 18.6 Å². The molecule has 1 aliphatic carbocycles. The van der Waals surface area contributed by atoms with Crippen molar-refractivity contribution in [1.82, 2.24) is 20.2 Å². The quantitative estimate of drug-likeness (QED) is 0.495. The molecule has 0 radical (unpaired) electrons. The number of carbonyl (C=O) groups is 1. The minimum atomic E-state index is -4.63. The van der Waals surface area contributed by atoms with Crippen molar-refractivity contribution in [3.63, 3.8) is 0 Å². The van der Waals surface area contributed by atoms with Crippen LogP contribution in [0.4, 0.5) is 30.6 Å². The number of aromatic nitrogens is 2. The molecule has 1 aliphatic heterocycles. The molecule has 2 aliphatic rings. The Morgan fingerprint density at radius 2 is 1.89 bits per heavy atom. The highest BCUT2D eigenvalue weighted by molar-refractivity contribution is 5.80. The van der Waals surface area contributed by atoms with E-state index in [-0.39, 0.29) is 23.7 Å². The van der Waals surface area contributed by atoms with Gasteiger partial charge in [0.2, 0.25) is 11.9 Å². The van der Waals surface area contributed by atoms with E-state index in [0.29, 0.717) is 18.5 Å². The van der Waals surface area contributed by atoms with Gasteiger partial charge in [0.25, 0.3) is 0 Å². The molecule has 1 aromatic carbocycles. The second-order valence-electron chi connectivity index (χ2n) is 9.62. The maximum Gasteiger partial charge on any atom is 0.421 e. The molecule has 1 aromatic heterocycles. The molecule has 1 amide bonds. The Morgan fingerprint density at radius 1 is 1.17 bits per heavy atom. The lowest BCUT2D eigenvalue weighted by Gasteiger charge is -2.26. The molecule has 3 N–H and O–H groups in total. The van der Waals surface area contributed by atoms with Gasteiger partial charge in [0.1, 0.15) is 11.4 Å². The molecule has 196 valence electrons. The third-order valence-electron chi connectivity index (χ3n) is 6.42. The first kappa shape index (κ1) is 26.2. The lowest BCUT2D eigenvalue weighted by Crippen LogP contribution is -2.41. The Balaban J connectivity index is 1.48. The van der Waals surface area contributed by atoms with E-state index < -0.39 is 23.7 Å². The predicted molar refractivity (Wildman–Crippen MR) is 131 cm³/mol. The highest BCUT2D eigenvalue weighted by atomic mass is 19.4. The lowest BCUT2D eigenvalue weighted by atomic mass is 10.0. The van der Waals surface area contributed by atoms with Gasteiger partial charge in [-0.05, 0) is 44.4 Å². The van der Waals surface area contributed by atoms with Gasteiger partial charge in [0, 0.05) is 43.6 Å². The number of nitrogens with one attached hydrogen (secondary N) is 3. The lowest BCUT2D eigenvalue weighted by molar-refractivity contribution is -0.137. The van der Waals surface area contributed by atoms with Gasteiger partial charge in [0.05, 0.1) is 19.1 Å². The normalized spacial score (nSPS) is 20.9. The van der Waals surface area contributed by atoms with Crippen LogP contribution in [0, 0.1) is 5.92 Å². The number of nitrogens with zero attached hydrogens (tertiary/aromatic N) is 3. The van der Waals surface area contributed by atoms with E-state index in [9.17, 15) is 18.0 Å². The largest absolute Gasteiger partial charge is 0.421 e. The van der Waals surface area contributed by atoms with E-state index in [1.54, 1.807) is 0 Å². The monoisotopic (exact) mass is 506 g/mol. The van der Waals surface area contributed by atoms with Crippen molar-refractivity contribution in [2.24, 2.45) is 5.92 Å². The Kier molecular flexibility index (Phi) is 8.30. The molecule has 2 fully saturated rings. The number of amides is 1. The number of hydrogen-bond acceptors (Lipinski definition) is 7. The zero-order valence-corrected chi connectivity index (χ0v) is 20.6. The smallest absolute Gasteiger partial charge is 0.379 e. The van der Waals surface area contributed by atoms with Crippen molar-refractivity contribution < 1.29 is 22.7 Å². The summed E-state index contributed by atoms with van der Waals surface area (Å²) in [6, 6.07) is 7.17. The fourth-order valence-corrected chi connectivity index (χ4v) is 4.61. The first-order valence-corrected chi connectivity index (χ1v) is 12.4. The van der Waals surface area contributed by atoms with E-state index in [1.165, 1.54) is 0 Å². The topological polar surface area (TPSA) is 91.4 Å². The van der Waals surface area contributed by atoms with Gasteiger partial charge in [-0.3, -0.25) is 9.69 Å². The van der Waals surface area contributed by atoms with Crippen LogP contribution in [0.3, 0.4) is 0 Å². The van der Waals surface area contributed by atoms with Crippen molar-refractivity contribution in [2.75, 3.05) is 36.9 Å². The van der Waals surface area contributed by atoms with Crippen LogP contribution in [0.25, 0.3) is 0 Å². The molecule has 11 heteroatoms. The first-order chi connectivity index (χ1) is 17.2. The van der Waals surface area contributed by atoms with Crippen LogP contribution < -0.4 is 16.0 Å². The minimum absolute atomic E-state index is 0.0420. The molecule has 1 saturated carbocycles. The van der Waals surface area contributed by atoms with Gasteiger partial charge >= 0.3 is 6.18 Å². The summed E-state index contributed by atoms with van der Waals surface area (Å²) in [5.74, 6) is -0.845. The number of alkyl halides is 3. The minimum Gasteiger partial charge on any atom is -0.379 e. The number of anilines is 3. The highest BCUT2D eigenvalue weighted by Gasteiger charge is 2.39. The molecule has 8 nitrogen and oxygen atoms in total. The molecule has 4 rings (SSSR count). The van der Waals surface area contributed by atoms with Crippen LogP contribution in [0.15, 0.2) is 30.5 Å². The van der Waals surface area contributed by atoms with Crippen molar-refractivity contribution in [3.8, 4) is 0 Å². The molecule has 2 heterocycles. The summed E-state index contributed by atoms with van der Waals surface area (Å²) >= 11 is 0. The molecular formula is C25H33F3N6O2. The SMILES string of the molecule is CC(C)NC(=O)[C@H]1CCC[C@H]1Nc1nc(Nc2ccc(CN3CCOCC3)cc2)ncc1C(F)(F)F. The second kappa shape index (κ2) is 11.4. The van der Waals surface area contributed by atoms with Crippen LogP contribution in [0.2, 0.25) is 0 Å².